The Labute approximate surface area is 254 Å². The van der Waals surface area contributed by atoms with E-state index in [2.05, 4.69) is 12.1 Å². The number of nitriles is 1. The van der Waals surface area contributed by atoms with Gasteiger partial charge in [-0.05, 0) is 72.7 Å². The van der Waals surface area contributed by atoms with Crippen molar-refractivity contribution in [3.8, 4) is 6.07 Å². The molecule has 0 aromatic heterocycles. The molecule has 41 heavy (non-hydrogen) atoms. The second kappa shape index (κ2) is 11.2. The minimum absolute atomic E-state index is 0.0506. The fourth-order valence-corrected chi connectivity index (χ4v) is 7.43. The average Bonchev–Trinajstić information content (AvgIpc) is 2.90. The number of nitrogens with two attached hydrogens (primary N) is 1. The zero-order valence-electron chi connectivity index (χ0n) is 23.3. The van der Waals surface area contributed by atoms with E-state index in [4.69, 9.17) is 28.9 Å². The van der Waals surface area contributed by atoms with E-state index in [9.17, 15) is 10.1 Å². The third kappa shape index (κ3) is 5.51. The summed E-state index contributed by atoms with van der Waals surface area (Å²) in [6.07, 6.45) is 0.839. The summed E-state index contributed by atoms with van der Waals surface area (Å²) in [4.78, 5) is 16.4. The number of benzene rings is 3. The first kappa shape index (κ1) is 29.3. The molecule has 0 fully saturated rings. The minimum atomic E-state index is -0.653. The van der Waals surface area contributed by atoms with Crippen LogP contribution in [0.4, 0.5) is 10.1 Å². The molecule has 8 heteroatoms. The Hall–Kier alpha value is -3.24. The first-order valence-corrected chi connectivity index (χ1v) is 15.0. The molecule has 0 spiro atoms. The average molecular weight is 607 g/mol. The number of anilines is 1. The summed E-state index contributed by atoms with van der Waals surface area (Å²) in [5, 5.41) is 11.7. The van der Waals surface area contributed by atoms with Crippen molar-refractivity contribution in [2.24, 2.45) is 11.1 Å². The van der Waals surface area contributed by atoms with Crippen molar-refractivity contribution >= 4 is 46.4 Å². The second-order valence-corrected chi connectivity index (χ2v) is 13.3. The van der Waals surface area contributed by atoms with Crippen molar-refractivity contribution in [2.75, 3.05) is 4.90 Å². The van der Waals surface area contributed by atoms with Gasteiger partial charge in [-0.25, -0.2) is 4.39 Å². The maximum Gasteiger partial charge on any atom is 0.162 e. The summed E-state index contributed by atoms with van der Waals surface area (Å²) in [7, 11) is 0. The first-order valence-electron chi connectivity index (χ1n) is 13.3. The third-order valence-electron chi connectivity index (χ3n) is 7.76. The number of aryl methyl sites for hydroxylation is 1. The van der Waals surface area contributed by atoms with Crippen LogP contribution in [-0.4, -0.2) is 5.78 Å². The zero-order chi connectivity index (χ0) is 29.6. The summed E-state index contributed by atoms with van der Waals surface area (Å²) in [6.45, 7) is 8.06. The number of nitrogens with zero attached hydrogens (tertiary/aromatic N) is 2. The van der Waals surface area contributed by atoms with Crippen LogP contribution in [0, 0.1) is 36.4 Å². The van der Waals surface area contributed by atoms with Gasteiger partial charge in [0.25, 0.3) is 0 Å². The van der Waals surface area contributed by atoms with Crippen molar-refractivity contribution in [1.29, 1.82) is 5.26 Å². The van der Waals surface area contributed by atoms with Crippen LogP contribution in [0.1, 0.15) is 54.9 Å². The first-order chi connectivity index (χ1) is 19.4. The van der Waals surface area contributed by atoms with Gasteiger partial charge < -0.3 is 5.73 Å². The van der Waals surface area contributed by atoms with E-state index in [0.717, 1.165) is 27.1 Å². The predicted molar refractivity (Wildman–Crippen MR) is 165 cm³/mol. The van der Waals surface area contributed by atoms with Crippen molar-refractivity contribution in [2.45, 2.75) is 57.1 Å². The highest BCUT2D eigenvalue weighted by molar-refractivity contribution is 7.98. The smallest absolute Gasteiger partial charge is 0.162 e. The van der Waals surface area contributed by atoms with Gasteiger partial charge in [0.2, 0.25) is 0 Å². The van der Waals surface area contributed by atoms with Crippen LogP contribution in [0.5, 0.6) is 0 Å². The van der Waals surface area contributed by atoms with Crippen molar-refractivity contribution in [3.63, 3.8) is 0 Å². The molecule has 1 atom stereocenters. The number of allylic oxidation sites excluding steroid dienone is 3. The lowest BCUT2D eigenvalue weighted by Crippen LogP contribution is -2.42. The number of halogens is 3. The highest BCUT2D eigenvalue weighted by Crippen LogP contribution is 2.51. The number of carbonyl (C=O) groups excluding carboxylic acids is 1. The molecular weight excluding hydrogens is 576 g/mol. The Bertz CT molecular complexity index is 1690. The number of Topliss-reactive ketones (excluding diaryl/α,β-unsaturated/α-hetero) is 1. The summed E-state index contributed by atoms with van der Waals surface area (Å²) in [5.74, 6) is -0.415. The minimum Gasteiger partial charge on any atom is -0.384 e. The fourth-order valence-electron chi connectivity index (χ4n) is 5.88. The maximum atomic E-state index is 15.2. The Morgan fingerprint density at radius 2 is 1.85 bits per heavy atom. The molecule has 3 aromatic rings. The van der Waals surface area contributed by atoms with Gasteiger partial charge in [-0.15, -0.1) is 11.8 Å². The van der Waals surface area contributed by atoms with Gasteiger partial charge in [0.15, 0.2) is 5.78 Å². The molecule has 4 nitrogen and oxygen atoms in total. The third-order valence-corrected chi connectivity index (χ3v) is 9.54. The van der Waals surface area contributed by atoms with Gasteiger partial charge in [0.05, 0.1) is 28.3 Å². The molecule has 2 N–H and O–H groups in total. The molecule has 1 aliphatic carbocycles. The molecule has 1 aliphatic heterocycles. The summed E-state index contributed by atoms with van der Waals surface area (Å²) in [5.41, 5.74) is 11.9. The monoisotopic (exact) mass is 605 g/mol. The van der Waals surface area contributed by atoms with E-state index in [1.54, 1.807) is 47.0 Å². The highest BCUT2D eigenvalue weighted by atomic mass is 35.5. The second-order valence-electron chi connectivity index (χ2n) is 11.4. The lowest BCUT2D eigenvalue weighted by molar-refractivity contribution is -0.118. The normalized spacial score (nSPS) is 18.4. The number of hydrogen-bond acceptors (Lipinski definition) is 5. The number of para-hydroxylation sites is 1. The van der Waals surface area contributed by atoms with E-state index in [1.165, 1.54) is 6.07 Å². The molecule has 1 heterocycles. The van der Waals surface area contributed by atoms with Gasteiger partial charge >= 0.3 is 0 Å². The SMILES string of the molecule is Cc1cc(CSc2cc(Cl)ccc2Cl)c(C)c(C2C(C#N)=C(N)N(c3ccccc3F)C3=C2C(=O)CC(C)(C)C3)c1. The fraction of sp³-hybridized carbons (Fsp3) is 0.273. The number of hydrogen-bond donors (Lipinski definition) is 1. The molecule has 0 amide bonds. The molecule has 210 valence electrons. The van der Waals surface area contributed by atoms with Gasteiger partial charge in [0, 0.05) is 33.4 Å². The quantitative estimate of drug-likeness (QED) is 0.294. The Balaban J connectivity index is 1.68. The Morgan fingerprint density at radius 1 is 1.12 bits per heavy atom. The van der Waals surface area contributed by atoms with E-state index in [1.807, 2.05) is 39.8 Å². The topological polar surface area (TPSA) is 70.1 Å². The Kier molecular flexibility index (Phi) is 8.00. The standard InChI is InChI=1S/C33H30Cl2FN3OS/c1-18-11-20(17-41-29-13-21(34)9-10-24(29)35)19(2)22(12-18)30-23(16-37)32(38)39(26-8-6-5-7-25(26)36)27-14-33(3,4)15-28(40)31(27)30/h5-13,30H,14-15,17,38H2,1-4H3. The predicted octanol–water partition coefficient (Wildman–Crippen LogP) is 8.98. The van der Waals surface area contributed by atoms with E-state index in [-0.39, 0.29) is 28.3 Å². The van der Waals surface area contributed by atoms with Crippen LogP contribution in [0.2, 0.25) is 10.0 Å². The van der Waals surface area contributed by atoms with Crippen molar-refractivity contribution in [1.82, 2.24) is 0 Å². The largest absolute Gasteiger partial charge is 0.384 e. The van der Waals surface area contributed by atoms with Crippen molar-refractivity contribution < 1.29 is 9.18 Å². The molecule has 5 rings (SSSR count). The molecule has 3 aromatic carbocycles. The summed E-state index contributed by atoms with van der Waals surface area (Å²) in [6, 6.07) is 18.1. The molecule has 2 aliphatic rings. The number of thioether (sulfide) groups is 1. The van der Waals surface area contributed by atoms with Crippen LogP contribution in [-0.2, 0) is 10.5 Å². The zero-order valence-corrected chi connectivity index (χ0v) is 25.6. The maximum absolute atomic E-state index is 15.2. The Morgan fingerprint density at radius 3 is 2.56 bits per heavy atom. The number of rotatable bonds is 5. The van der Waals surface area contributed by atoms with Gasteiger partial charge in [-0.1, -0.05) is 66.9 Å². The van der Waals surface area contributed by atoms with Gasteiger partial charge in [-0.3, -0.25) is 9.69 Å². The molecule has 1 unspecified atom stereocenters. The molecule has 0 saturated heterocycles. The van der Waals surface area contributed by atoms with Crippen LogP contribution in [0.15, 0.2) is 82.2 Å². The highest BCUT2D eigenvalue weighted by Gasteiger charge is 2.45. The summed E-state index contributed by atoms with van der Waals surface area (Å²) < 4.78 is 15.2. The van der Waals surface area contributed by atoms with Gasteiger partial charge in [0.1, 0.15) is 11.6 Å². The number of ketones is 1. The van der Waals surface area contributed by atoms with E-state index in [0.29, 0.717) is 39.9 Å². The van der Waals surface area contributed by atoms with E-state index >= 15 is 4.39 Å². The lowest BCUT2D eigenvalue weighted by atomic mass is 9.68. The lowest BCUT2D eigenvalue weighted by Gasteiger charge is -2.44. The number of carbonyl (C=O) groups is 1. The van der Waals surface area contributed by atoms with Crippen LogP contribution >= 0.6 is 35.0 Å². The molecular formula is C33H30Cl2FN3OS. The van der Waals surface area contributed by atoms with Gasteiger partial charge in [-0.2, -0.15) is 5.26 Å². The molecule has 0 radical (unpaired) electrons. The van der Waals surface area contributed by atoms with E-state index < -0.39 is 11.7 Å². The van der Waals surface area contributed by atoms with Crippen LogP contribution in [0.3, 0.4) is 0 Å². The molecule has 0 saturated carbocycles. The summed E-state index contributed by atoms with van der Waals surface area (Å²) >= 11 is 14.2. The van der Waals surface area contributed by atoms with Crippen molar-refractivity contribution in [3.05, 3.63) is 115 Å². The molecule has 0 bridgehead atoms. The van der Waals surface area contributed by atoms with Crippen LogP contribution in [0.25, 0.3) is 0 Å². The van der Waals surface area contributed by atoms with Crippen LogP contribution < -0.4 is 10.6 Å².